The smallest absolute Gasteiger partial charge is 1.00 e. The molecule has 0 aliphatic heterocycles. The Hall–Kier alpha value is -0.170. The fourth-order valence-corrected chi connectivity index (χ4v) is 0.901. The van der Waals surface area contributed by atoms with Gasteiger partial charge in [-0.25, -0.2) is 5.21 Å². The van der Waals surface area contributed by atoms with Crippen LogP contribution >= 0.6 is 12.2 Å². The molecule has 5 nitrogen and oxygen atoms in total. The van der Waals surface area contributed by atoms with E-state index < -0.39 is 0 Å². The molecule has 0 radical (unpaired) electrons. The maximum atomic E-state index is 10.9. The molecule has 0 fully saturated rings. The van der Waals surface area contributed by atoms with Gasteiger partial charge < -0.3 is 6.16 Å². The number of aromatic nitrogens is 3. The summed E-state index contributed by atoms with van der Waals surface area (Å²) in [7, 11) is 0. The molecule has 0 unspecified atom stereocenters. The first-order chi connectivity index (χ1) is 5.74. The Kier molecular flexibility index (Phi) is 6.23. The molecule has 1 aromatic heterocycles. The maximum Gasteiger partial charge on any atom is 1.00 e. The van der Waals surface area contributed by atoms with Crippen molar-refractivity contribution in [2.45, 2.75) is 13.3 Å². The molecular formula is C6H10N3NaO2S. The molecule has 13 heavy (non-hydrogen) atoms. The Morgan fingerprint density at radius 1 is 1.77 bits per heavy atom. The number of ether oxygens (including phenoxy) is 1. The van der Waals surface area contributed by atoms with Gasteiger partial charge in [0.05, 0.1) is 13.0 Å². The molecule has 1 rings (SSSR count). The molecule has 7 heteroatoms. The molecule has 0 aromatic carbocycles. The number of nitrogens with zero attached hydrogens (tertiary/aromatic N) is 1. The summed E-state index contributed by atoms with van der Waals surface area (Å²) in [6.07, 6.45) is 0.118. The Bertz CT molecular complexity index is 327. The quantitative estimate of drug-likeness (QED) is 0.335. The second kappa shape index (κ2) is 6.31. The topological polar surface area (TPSA) is 70.8 Å². The zero-order valence-corrected chi connectivity index (χ0v) is 10.4. The van der Waals surface area contributed by atoms with E-state index in [1.165, 1.54) is 0 Å². The van der Waals surface area contributed by atoms with Crippen molar-refractivity contribution >= 4 is 18.2 Å². The average molecular weight is 211 g/mol. The number of nitrogens with one attached hydrogen (secondary N) is 2. The van der Waals surface area contributed by atoms with Crippen LogP contribution in [0, 0.1) is 4.64 Å². The van der Waals surface area contributed by atoms with E-state index in [1.54, 1.807) is 6.92 Å². The van der Waals surface area contributed by atoms with Crippen LogP contribution in [0.15, 0.2) is 0 Å². The van der Waals surface area contributed by atoms with Gasteiger partial charge in [0, 0.05) is 0 Å². The van der Waals surface area contributed by atoms with Gasteiger partial charge in [-0.3, -0.25) is 9.89 Å². The molecule has 0 saturated carbocycles. The van der Waals surface area contributed by atoms with Crippen LogP contribution < -0.4 is 29.6 Å². The zero-order valence-electron chi connectivity index (χ0n) is 8.59. The molecule has 0 saturated heterocycles. The van der Waals surface area contributed by atoms with Crippen LogP contribution in [0.2, 0.25) is 0 Å². The minimum Gasteiger partial charge on any atom is -1.00 e. The summed E-state index contributed by atoms with van der Waals surface area (Å²) in [5, 5.41) is 8.80. The monoisotopic (exact) mass is 211 g/mol. The molecule has 0 aliphatic carbocycles. The van der Waals surface area contributed by atoms with Crippen molar-refractivity contribution in [2.75, 3.05) is 6.61 Å². The molecule has 0 bridgehead atoms. The molecule has 0 aliphatic rings. The average Bonchev–Trinajstić information content (AvgIpc) is 2.37. The Morgan fingerprint density at radius 2 is 2.46 bits per heavy atom. The van der Waals surface area contributed by atoms with Gasteiger partial charge in [0.15, 0.2) is 0 Å². The van der Waals surface area contributed by atoms with Crippen molar-refractivity contribution in [3.05, 3.63) is 10.3 Å². The summed E-state index contributed by atoms with van der Waals surface area (Å²) in [5.41, 5.74) is 0.517. The molecule has 0 atom stereocenters. The fraction of sp³-hybridized carbons (Fsp3) is 0.500. The van der Waals surface area contributed by atoms with E-state index in [1.807, 2.05) is 0 Å². The third-order valence-electron chi connectivity index (χ3n) is 1.24. The fourth-order valence-electron chi connectivity index (χ4n) is 0.738. The van der Waals surface area contributed by atoms with Crippen LogP contribution in [0.1, 0.15) is 14.0 Å². The summed E-state index contributed by atoms with van der Waals surface area (Å²) >= 11 is 4.83. The molecular weight excluding hydrogens is 201 g/mol. The van der Waals surface area contributed by atoms with Crippen LogP contribution in [0.4, 0.5) is 0 Å². The number of esters is 1. The number of hydrogen-bond acceptors (Lipinski definition) is 4. The van der Waals surface area contributed by atoms with Gasteiger partial charge in [0.2, 0.25) is 0 Å². The van der Waals surface area contributed by atoms with Crippen LogP contribution in [0.25, 0.3) is 0 Å². The minimum atomic E-state index is -0.316. The van der Waals surface area contributed by atoms with Crippen molar-refractivity contribution in [2.24, 2.45) is 0 Å². The summed E-state index contributed by atoms with van der Waals surface area (Å²) in [6.45, 7) is 2.13. The van der Waals surface area contributed by atoms with E-state index >= 15 is 0 Å². The van der Waals surface area contributed by atoms with Crippen LogP contribution in [-0.4, -0.2) is 28.0 Å². The van der Waals surface area contributed by atoms with Crippen molar-refractivity contribution in [3.63, 3.8) is 0 Å². The standard InChI is InChI=1S/C6H9N3O2S.Na.H/c1-2-11-5(10)3-4-6(12)8-9-7-4;;/h2-3H2,1H3,(H2,7,8,9,12);;/q;+1;-1. The largest absolute Gasteiger partial charge is 1.00 e. The Balaban J connectivity index is 0. The van der Waals surface area contributed by atoms with Crippen LogP contribution in [0.3, 0.4) is 0 Å². The predicted molar refractivity (Wildman–Crippen MR) is 45.2 cm³/mol. The van der Waals surface area contributed by atoms with E-state index in [0.29, 0.717) is 16.9 Å². The van der Waals surface area contributed by atoms with Crippen molar-refractivity contribution < 1.29 is 40.5 Å². The number of rotatable bonds is 3. The molecule has 2 N–H and O–H groups in total. The second-order valence-electron chi connectivity index (χ2n) is 2.11. The van der Waals surface area contributed by atoms with Crippen molar-refractivity contribution in [1.82, 2.24) is 15.4 Å². The summed E-state index contributed by atoms with van der Waals surface area (Å²) in [6, 6.07) is 0. The van der Waals surface area contributed by atoms with E-state index in [9.17, 15) is 4.79 Å². The molecule has 1 aromatic rings. The first-order valence-corrected chi connectivity index (χ1v) is 3.92. The van der Waals surface area contributed by atoms with Gasteiger partial charge in [0.1, 0.15) is 10.3 Å². The second-order valence-corrected chi connectivity index (χ2v) is 2.51. The number of aromatic amines is 2. The van der Waals surface area contributed by atoms with Gasteiger partial charge >= 0.3 is 35.5 Å². The van der Waals surface area contributed by atoms with Crippen LogP contribution in [0.5, 0.6) is 0 Å². The van der Waals surface area contributed by atoms with Crippen LogP contribution in [-0.2, 0) is 16.0 Å². The summed E-state index contributed by atoms with van der Waals surface area (Å²) < 4.78 is 5.16. The van der Waals surface area contributed by atoms with E-state index in [4.69, 9.17) is 17.0 Å². The maximum absolute atomic E-state index is 10.9. The minimum absolute atomic E-state index is 0. The third-order valence-corrected chi connectivity index (χ3v) is 1.58. The molecule has 0 amide bonds. The summed E-state index contributed by atoms with van der Waals surface area (Å²) in [5.74, 6) is -0.316. The van der Waals surface area contributed by atoms with Gasteiger partial charge in [-0.1, -0.05) is 12.2 Å². The van der Waals surface area contributed by atoms with E-state index in [2.05, 4.69) is 15.4 Å². The van der Waals surface area contributed by atoms with Crippen molar-refractivity contribution in [1.29, 1.82) is 0 Å². The number of H-pyrrole nitrogens is 2. The molecule has 68 valence electrons. The Labute approximate surface area is 104 Å². The summed E-state index contributed by atoms with van der Waals surface area (Å²) in [4.78, 5) is 10.9. The first kappa shape index (κ1) is 12.8. The normalized spacial score (nSPS) is 9.00. The van der Waals surface area contributed by atoms with Gasteiger partial charge in [-0.15, -0.1) is 0 Å². The number of hydrogen-bond donors (Lipinski definition) is 2. The van der Waals surface area contributed by atoms with Crippen molar-refractivity contribution in [3.8, 4) is 0 Å². The SMILES string of the molecule is CCOC(=O)Cc1n[nH][nH]c1=S.[H-].[Na+]. The van der Waals surface area contributed by atoms with Gasteiger partial charge in [-0.2, -0.15) is 5.10 Å². The van der Waals surface area contributed by atoms with Gasteiger partial charge in [-0.05, 0) is 6.92 Å². The molecule has 1 heterocycles. The third kappa shape index (κ3) is 4.04. The van der Waals surface area contributed by atoms with E-state index in [-0.39, 0.29) is 43.4 Å². The zero-order chi connectivity index (χ0) is 8.97. The Morgan fingerprint density at radius 3 is 2.92 bits per heavy atom. The predicted octanol–water partition coefficient (Wildman–Crippen LogP) is -2.31. The van der Waals surface area contributed by atoms with Gasteiger partial charge in [0.25, 0.3) is 0 Å². The first-order valence-electron chi connectivity index (χ1n) is 3.51. The van der Waals surface area contributed by atoms with E-state index in [0.717, 1.165) is 0 Å². The number of carbonyl (C=O) groups is 1. The molecule has 0 spiro atoms. The number of carbonyl (C=O) groups excluding carboxylic acids is 1.